The van der Waals surface area contributed by atoms with Gasteiger partial charge >= 0.3 is 0 Å². The molecule has 2 N–H and O–H groups in total. The number of anilines is 1. The van der Waals surface area contributed by atoms with Gasteiger partial charge in [-0.1, -0.05) is 29.8 Å². The molecule has 2 fully saturated rings. The first-order valence-electron chi connectivity index (χ1n) is 14.5. The number of aliphatic hydroxyl groups excluding tert-OH is 1. The number of fused-ring (bicyclic) bond motifs is 4. The number of hydrogen-bond acceptors (Lipinski definition) is 7. The second-order valence-corrected chi connectivity index (χ2v) is 14.5. The van der Waals surface area contributed by atoms with Gasteiger partial charge < -0.3 is 19.5 Å². The summed E-state index contributed by atoms with van der Waals surface area (Å²) in [5.74, 6) is 0.282. The lowest BCUT2D eigenvalue weighted by Crippen LogP contribution is -2.49. The molecule has 0 aromatic heterocycles. The molecule has 0 radical (unpaired) electrons. The number of aliphatic hydroxyl groups is 1. The number of aryl methyl sites for hydroxylation is 1. The Bertz CT molecular complexity index is 1520. The lowest BCUT2D eigenvalue weighted by Gasteiger charge is -2.45. The number of sulfonamides is 1. The van der Waals surface area contributed by atoms with E-state index in [0.717, 1.165) is 37.1 Å². The maximum Gasteiger partial charge on any atom is 0.265 e. The molecule has 41 heavy (non-hydrogen) atoms. The van der Waals surface area contributed by atoms with Crippen LogP contribution in [-0.2, 0) is 31.4 Å². The topological polar surface area (TPSA) is 105 Å². The lowest BCUT2D eigenvalue weighted by molar-refractivity contribution is -0.132. The smallest absolute Gasteiger partial charge is 0.265 e. The van der Waals surface area contributed by atoms with Crippen molar-refractivity contribution in [2.75, 3.05) is 31.2 Å². The molecule has 2 aromatic rings. The summed E-state index contributed by atoms with van der Waals surface area (Å²) in [6.07, 6.45) is 8.60. The van der Waals surface area contributed by atoms with Gasteiger partial charge in [-0.25, -0.2) is 13.1 Å². The highest BCUT2D eigenvalue weighted by molar-refractivity contribution is 7.90. The van der Waals surface area contributed by atoms with Crippen LogP contribution in [0.5, 0.6) is 5.75 Å². The Balaban J connectivity index is 1.31. The average Bonchev–Trinajstić information content (AvgIpc) is 3.73. The van der Waals surface area contributed by atoms with E-state index in [1.807, 2.05) is 6.07 Å². The SMILES string of the molecule is O=C1NS(=O)(=O)c2ccc3c(c2)N(C[C@@H]2CC[C@H]2[C@H](O)/C=C/COC12CC2)C[C@@]1(CCCc2cc(Cl)ccc21)CO3. The summed E-state index contributed by atoms with van der Waals surface area (Å²) in [6.45, 7) is 1.91. The van der Waals surface area contributed by atoms with Crippen LogP contribution in [-0.4, -0.2) is 57.4 Å². The number of benzene rings is 2. The van der Waals surface area contributed by atoms with Gasteiger partial charge in [-0.2, -0.15) is 0 Å². The number of halogens is 1. The van der Waals surface area contributed by atoms with E-state index in [2.05, 4.69) is 21.8 Å². The Morgan fingerprint density at radius 3 is 2.73 bits per heavy atom. The van der Waals surface area contributed by atoms with Crippen molar-refractivity contribution in [2.45, 2.75) is 67.0 Å². The second kappa shape index (κ2) is 10.0. The minimum Gasteiger partial charge on any atom is -0.490 e. The summed E-state index contributed by atoms with van der Waals surface area (Å²) in [5.41, 5.74) is 1.72. The summed E-state index contributed by atoms with van der Waals surface area (Å²) >= 11 is 6.37. The quantitative estimate of drug-likeness (QED) is 0.440. The third-order valence-corrected chi connectivity index (χ3v) is 11.4. The summed E-state index contributed by atoms with van der Waals surface area (Å²) < 4.78 is 41.4. The number of carbonyl (C=O) groups excluding carboxylic acids is 1. The monoisotopic (exact) mass is 598 g/mol. The molecule has 0 unspecified atom stereocenters. The van der Waals surface area contributed by atoms with Crippen molar-refractivity contribution < 1.29 is 27.8 Å². The van der Waals surface area contributed by atoms with Crippen LogP contribution >= 0.6 is 11.6 Å². The van der Waals surface area contributed by atoms with E-state index in [0.29, 0.717) is 44.0 Å². The van der Waals surface area contributed by atoms with E-state index in [1.165, 1.54) is 17.2 Å². The molecule has 2 spiro atoms. The fourth-order valence-electron chi connectivity index (χ4n) is 7.18. The van der Waals surface area contributed by atoms with Gasteiger partial charge in [0, 0.05) is 23.5 Å². The number of ether oxygens (including phenoxy) is 2. The Hall–Kier alpha value is -2.59. The molecule has 0 saturated heterocycles. The molecule has 10 heteroatoms. The molecule has 4 atom stereocenters. The molecule has 7 rings (SSSR count). The van der Waals surface area contributed by atoms with E-state index < -0.39 is 27.6 Å². The Labute approximate surface area is 245 Å². The summed E-state index contributed by atoms with van der Waals surface area (Å²) in [5, 5.41) is 11.8. The molecule has 2 heterocycles. The van der Waals surface area contributed by atoms with Crippen LogP contribution < -0.4 is 14.4 Å². The summed E-state index contributed by atoms with van der Waals surface area (Å²) in [6, 6.07) is 10.9. The van der Waals surface area contributed by atoms with Crippen LogP contribution in [0.4, 0.5) is 5.69 Å². The largest absolute Gasteiger partial charge is 0.490 e. The Kier molecular flexibility index (Phi) is 6.65. The van der Waals surface area contributed by atoms with Crippen molar-refractivity contribution in [3.8, 4) is 5.75 Å². The zero-order chi connectivity index (χ0) is 28.4. The molecule has 2 aliphatic heterocycles. The van der Waals surface area contributed by atoms with E-state index in [1.54, 1.807) is 24.3 Å². The minimum absolute atomic E-state index is 0.0120. The van der Waals surface area contributed by atoms with E-state index >= 15 is 0 Å². The third kappa shape index (κ3) is 4.84. The molecule has 2 aromatic carbocycles. The number of nitrogens with one attached hydrogen (secondary N) is 1. The van der Waals surface area contributed by atoms with Crippen LogP contribution in [0.2, 0.25) is 5.02 Å². The minimum atomic E-state index is -4.14. The second-order valence-electron chi connectivity index (χ2n) is 12.4. The van der Waals surface area contributed by atoms with Gasteiger partial charge in [0.1, 0.15) is 11.4 Å². The molecule has 218 valence electrons. The van der Waals surface area contributed by atoms with Crippen LogP contribution in [0, 0.1) is 11.8 Å². The first-order chi connectivity index (χ1) is 19.7. The van der Waals surface area contributed by atoms with Gasteiger partial charge in [0.25, 0.3) is 15.9 Å². The van der Waals surface area contributed by atoms with Crippen molar-refractivity contribution in [2.24, 2.45) is 11.8 Å². The highest BCUT2D eigenvalue weighted by atomic mass is 35.5. The van der Waals surface area contributed by atoms with Crippen molar-refractivity contribution in [1.82, 2.24) is 4.72 Å². The number of amides is 1. The van der Waals surface area contributed by atoms with Gasteiger partial charge in [0.2, 0.25) is 0 Å². The Morgan fingerprint density at radius 1 is 1.10 bits per heavy atom. The molecule has 2 bridgehead atoms. The van der Waals surface area contributed by atoms with E-state index in [-0.39, 0.29) is 28.8 Å². The van der Waals surface area contributed by atoms with E-state index in [4.69, 9.17) is 21.1 Å². The maximum absolute atomic E-state index is 13.4. The third-order valence-electron chi connectivity index (χ3n) is 9.82. The zero-order valence-corrected chi connectivity index (χ0v) is 24.4. The number of hydrogen-bond donors (Lipinski definition) is 2. The molecule has 1 amide bonds. The van der Waals surface area contributed by atoms with Crippen LogP contribution in [0.3, 0.4) is 0 Å². The maximum atomic E-state index is 13.4. The van der Waals surface area contributed by atoms with Crippen molar-refractivity contribution >= 4 is 33.2 Å². The molecular weight excluding hydrogens is 564 g/mol. The normalized spacial score (nSPS) is 32.5. The molecular formula is C31H35ClN2O6S. The van der Waals surface area contributed by atoms with Crippen molar-refractivity contribution in [1.29, 1.82) is 0 Å². The highest BCUT2D eigenvalue weighted by Crippen LogP contribution is 2.47. The first kappa shape index (κ1) is 27.3. The Morgan fingerprint density at radius 2 is 1.95 bits per heavy atom. The molecule has 3 aliphatic carbocycles. The van der Waals surface area contributed by atoms with Crippen LogP contribution in [0.1, 0.15) is 49.7 Å². The molecule has 8 nitrogen and oxygen atoms in total. The van der Waals surface area contributed by atoms with Gasteiger partial charge in [-0.05, 0) is 98.2 Å². The zero-order valence-electron chi connectivity index (χ0n) is 22.9. The predicted molar refractivity (Wildman–Crippen MR) is 155 cm³/mol. The predicted octanol–water partition coefficient (Wildman–Crippen LogP) is 4.12. The average molecular weight is 599 g/mol. The number of nitrogens with zero attached hydrogens (tertiary/aromatic N) is 1. The van der Waals surface area contributed by atoms with Gasteiger partial charge in [0.15, 0.2) is 0 Å². The fourth-order valence-corrected chi connectivity index (χ4v) is 8.44. The van der Waals surface area contributed by atoms with Crippen molar-refractivity contribution in [3.05, 3.63) is 64.7 Å². The number of rotatable bonds is 0. The summed E-state index contributed by atoms with van der Waals surface area (Å²) in [7, 11) is -4.14. The first-order valence-corrected chi connectivity index (χ1v) is 16.4. The van der Waals surface area contributed by atoms with Gasteiger partial charge in [-0.3, -0.25) is 4.79 Å². The van der Waals surface area contributed by atoms with Crippen LogP contribution in [0.25, 0.3) is 0 Å². The van der Waals surface area contributed by atoms with Gasteiger partial charge in [-0.15, -0.1) is 0 Å². The highest BCUT2D eigenvalue weighted by Gasteiger charge is 2.52. The van der Waals surface area contributed by atoms with E-state index in [9.17, 15) is 18.3 Å². The van der Waals surface area contributed by atoms with Crippen LogP contribution in [0.15, 0.2) is 53.4 Å². The molecule has 5 aliphatic rings. The molecule has 2 saturated carbocycles. The number of carbonyl (C=O) groups is 1. The standard InChI is InChI=1S/C31H35ClN2O6S/c32-22-6-9-25-20(15-22)3-1-11-30(25)18-34-17-21-5-8-24(21)27(35)4-2-14-40-31(12-13-31)29(36)33-41(37,38)23-7-10-28(39-19-30)26(34)16-23/h2,4,6-7,9-10,15-16,21,24,27,35H,1,3,5,8,11-14,17-19H2,(H,33,36)/b4-2+/t21-,24+,27+,30-/m0/s1. The van der Waals surface area contributed by atoms with Crippen molar-refractivity contribution in [3.63, 3.8) is 0 Å². The summed E-state index contributed by atoms with van der Waals surface area (Å²) in [4.78, 5) is 15.3. The van der Waals surface area contributed by atoms with Gasteiger partial charge in [0.05, 0.1) is 29.9 Å². The lowest BCUT2D eigenvalue weighted by atomic mass is 9.68. The fraction of sp³-hybridized carbons (Fsp3) is 0.516.